The second-order valence-electron chi connectivity index (χ2n) is 7.79. The molecule has 0 spiro atoms. The molecule has 0 unspecified atom stereocenters. The third-order valence-electron chi connectivity index (χ3n) is 6.46. The Bertz CT molecular complexity index is 304. The van der Waals surface area contributed by atoms with Crippen molar-refractivity contribution in [3.63, 3.8) is 0 Å². The molecule has 3 aliphatic rings. The lowest BCUT2D eigenvalue weighted by Gasteiger charge is -2.61. The molecule has 2 nitrogen and oxygen atoms in total. The quantitative estimate of drug-likeness (QED) is 0.846. The number of fused-ring (bicyclic) bond motifs is 1. The van der Waals surface area contributed by atoms with Gasteiger partial charge in [-0.2, -0.15) is 0 Å². The molecule has 1 heterocycles. The highest BCUT2D eigenvalue weighted by Crippen LogP contribution is 2.50. The number of nitrogens with two attached hydrogens (primary N) is 1. The Morgan fingerprint density at radius 1 is 1.11 bits per heavy atom. The first-order valence-electron chi connectivity index (χ1n) is 8.63. The van der Waals surface area contributed by atoms with Crippen LogP contribution in [-0.2, 0) is 0 Å². The molecule has 3 rings (SSSR count). The highest BCUT2D eigenvalue weighted by Gasteiger charge is 2.52. The normalized spacial score (nSPS) is 43.9. The number of likely N-dealkylation sites (tertiary alicyclic amines) is 1. The summed E-state index contributed by atoms with van der Waals surface area (Å²) in [6, 6.07) is 0.874. The van der Waals surface area contributed by atoms with E-state index in [2.05, 4.69) is 18.7 Å². The molecule has 0 bridgehead atoms. The van der Waals surface area contributed by atoms with Gasteiger partial charge >= 0.3 is 0 Å². The van der Waals surface area contributed by atoms with Gasteiger partial charge < -0.3 is 5.73 Å². The zero-order valence-corrected chi connectivity index (χ0v) is 12.9. The standard InChI is InChI=1S/C17H32N2/c1-13(2)15-10-17(11-15,12-18)19-9-5-7-14-6-3-4-8-16(14)19/h13-16H,3-12,18H2,1-2H3/t14-,15?,16-,17?/m1/s1. The number of hydrogen-bond donors (Lipinski definition) is 1. The van der Waals surface area contributed by atoms with Gasteiger partial charge in [0.25, 0.3) is 0 Å². The zero-order chi connectivity index (χ0) is 13.5. The predicted molar refractivity (Wildman–Crippen MR) is 81.0 cm³/mol. The van der Waals surface area contributed by atoms with Crippen LogP contribution >= 0.6 is 0 Å². The molecule has 0 amide bonds. The van der Waals surface area contributed by atoms with Gasteiger partial charge in [-0.15, -0.1) is 0 Å². The molecular formula is C17H32N2. The second kappa shape index (κ2) is 5.37. The van der Waals surface area contributed by atoms with E-state index in [0.717, 1.165) is 30.3 Å². The molecule has 0 aromatic carbocycles. The molecular weight excluding hydrogens is 232 g/mol. The van der Waals surface area contributed by atoms with E-state index in [0.29, 0.717) is 5.54 Å². The summed E-state index contributed by atoms with van der Waals surface area (Å²) in [6.07, 6.45) is 11.5. The fourth-order valence-corrected chi connectivity index (χ4v) is 5.12. The predicted octanol–water partition coefficient (Wildman–Crippen LogP) is 3.40. The molecule has 0 aromatic rings. The van der Waals surface area contributed by atoms with E-state index < -0.39 is 0 Å². The third kappa shape index (κ3) is 2.35. The highest BCUT2D eigenvalue weighted by atomic mass is 15.3. The minimum absolute atomic E-state index is 0.385. The molecule has 1 aliphatic heterocycles. The first-order chi connectivity index (χ1) is 9.16. The lowest BCUT2D eigenvalue weighted by Crippen LogP contribution is -2.67. The van der Waals surface area contributed by atoms with Gasteiger partial charge in [0.2, 0.25) is 0 Å². The fraction of sp³-hybridized carbons (Fsp3) is 1.00. The number of hydrogen-bond acceptors (Lipinski definition) is 2. The Hall–Kier alpha value is -0.0800. The summed E-state index contributed by atoms with van der Waals surface area (Å²) < 4.78 is 0. The van der Waals surface area contributed by atoms with Gasteiger partial charge in [-0.05, 0) is 62.8 Å². The van der Waals surface area contributed by atoms with E-state index in [1.165, 1.54) is 57.9 Å². The average Bonchev–Trinajstić information content (AvgIpc) is 2.38. The largest absolute Gasteiger partial charge is 0.329 e. The van der Waals surface area contributed by atoms with Crippen molar-refractivity contribution in [1.82, 2.24) is 4.90 Å². The second-order valence-corrected chi connectivity index (χ2v) is 7.79. The molecule has 3 fully saturated rings. The van der Waals surface area contributed by atoms with E-state index in [1.54, 1.807) is 0 Å². The molecule has 110 valence electrons. The summed E-state index contributed by atoms with van der Waals surface area (Å²) in [6.45, 7) is 6.97. The van der Waals surface area contributed by atoms with Crippen LogP contribution < -0.4 is 5.73 Å². The number of piperidine rings is 1. The molecule has 2 saturated carbocycles. The Kier molecular flexibility index (Phi) is 3.92. The summed E-state index contributed by atoms with van der Waals surface area (Å²) in [5.74, 6) is 2.75. The van der Waals surface area contributed by atoms with Crippen LogP contribution in [0, 0.1) is 17.8 Å². The van der Waals surface area contributed by atoms with Crippen molar-refractivity contribution in [3.05, 3.63) is 0 Å². The first kappa shape index (κ1) is 13.9. The Balaban J connectivity index is 1.72. The van der Waals surface area contributed by atoms with E-state index in [9.17, 15) is 0 Å². The van der Waals surface area contributed by atoms with Gasteiger partial charge in [0.15, 0.2) is 0 Å². The van der Waals surface area contributed by atoms with E-state index in [-0.39, 0.29) is 0 Å². The van der Waals surface area contributed by atoms with Gasteiger partial charge in [0.05, 0.1) is 0 Å². The highest BCUT2D eigenvalue weighted by molar-refractivity contribution is 5.07. The minimum atomic E-state index is 0.385. The van der Waals surface area contributed by atoms with E-state index >= 15 is 0 Å². The van der Waals surface area contributed by atoms with Crippen molar-refractivity contribution in [3.8, 4) is 0 Å². The maximum Gasteiger partial charge on any atom is 0.0340 e. The SMILES string of the molecule is CC(C)C1CC(CN)(N2CCC[C@H]3CCCC[C@H]32)C1. The Labute approximate surface area is 119 Å². The molecule has 1 saturated heterocycles. The maximum atomic E-state index is 6.24. The molecule has 2 N–H and O–H groups in total. The summed E-state index contributed by atoms with van der Waals surface area (Å²) in [5, 5.41) is 0. The van der Waals surface area contributed by atoms with Crippen molar-refractivity contribution in [2.24, 2.45) is 23.5 Å². The van der Waals surface area contributed by atoms with E-state index in [4.69, 9.17) is 5.73 Å². The zero-order valence-electron chi connectivity index (χ0n) is 12.9. The monoisotopic (exact) mass is 264 g/mol. The smallest absolute Gasteiger partial charge is 0.0340 e. The van der Waals surface area contributed by atoms with Crippen LogP contribution in [0.1, 0.15) is 65.2 Å². The van der Waals surface area contributed by atoms with Crippen molar-refractivity contribution >= 4 is 0 Å². The van der Waals surface area contributed by atoms with Crippen molar-refractivity contribution in [2.75, 3.05) is 13.1 Å². The van der Waals surface area contributed by atoms with Gasteiger partial charge in [-0.3, -0.25) is 4.90 Å². The van der Waals surface area contributed by atoms with Gasteiger partial charge in [0, 0.05) is 18.1 Å². The Morgan fingerprint density at radius 3 is 2.47 bits per heavy atom. The van der Waals surface area contributed by atoms with Gasteiger partial charge in [-0.25, -0.2) is 0 Å². The lowest BCUT2D eigenvalue weighted by molar-refractivity contribution is -0.0964. The summed E-state index contributed by atoms with van der Waals surface area (Å²) >= 11 is 0. The molecule has 0 radical (unpaired) electrons. The van der Waals surface area contributed by atoms with Crippen LogP contribution in [0.5, 0.6) is 0 Å². The minimum Gasteiger partial charge on any atom is -0.329 e. The number of nitrogens with zero attached hydrogens (tertiary/aromatic N) is 1. The maximum absolute atomic E-state index is 6.24. The number of rotatable bonds is 3. The topological polar surface area (TPSA) is 29.3 Å². The van der Waals surface area contributed by atoms with Crippen LogP contribution in [0.25, 0.3) is 0 Å². The lowest BCUT2D eigenvalue weighted by atomic mass is 9.61. The summed E-state index contributed by atoms with van der Waals surface area (Å²) in [4.78, 5) is 2.89. The molecule has 0 aromatic heterocycles. The fourth-order valence-electron chi connectivity index (χ4n) is 5.12. The van der Waals surface area contributed by atoms with Gasteiger partial charge in [-0.1, -0.05) is 26.7 Å². The van der Waals surface area contributed by atoms with Crippen LogP contribution in [0.2, 0.25) is 0 Å². The third-order valence-corrected chi connectivity index (χ3v) is 6.46. The van der Waals surface area contributed by atoms with E-state index in [1.807, 2.05) is 0 Å². The van der Waals surface area contributed by atoms with Crippen LogP contribution in [0.3, 0.4) is 0 Å². The molecule has 2 heteroatoms. The van der Waals surface area contributed by atoms with Crippen LogP contribution in [0.15, 0.2) is 0 Å². The molecule has 19 heavy (non-hydrogen) atoms. The average molecular weight is 264 g/mol. The Morgan fingerprint density at radius 2 is 1.79 bits per heavy atom. The summed E-state index contributed by atoms with van der Waals surface area (Å²) in [5.41, 5.74) is 6.63. The first-order valence-corrected chi connectivity index (χ1v) is 8.63. The molecule has 2 aliphatic carbocycles. The van der Waals surface area contributed by atoms with Crippen LogP contribution in [0.4, 0.5) is 0 Å². The molecule has 2 atom stereocenters. The van der Waals surface area contributed by atoms with Crippen molar-refractivity contribution in [1.29, 1.82) is 0 Å². The van der Waals surface area contributed by atoms with Gasteiger partial charge in [0.1, 0.15) is 0 Å². The van der Waals surface area contributed by atoms with Crippen molar-refractivity contribution in [2.45, 2.75) is 76.8 Å². The van der Waals surface area contributed by atoms with Crippen LogP contribution in [-0.4, -0.2) is 29.6 Å². The van der Waals surface area contributed by atoms with Crippen molar-refractivity contribution < 1.29 is 0 Å². The summed E-state index contributed by atoms with van der Waals surface area (Å²) in [7, 11) is 0.